The lowest BCUT2D eigenvalue weighted by Crippen LogP contribution is -2.52. The van der Waals surface area contributed by atoms with Gasteiger partial charge in [-0.25, -0.2) is 9.78 Å². The summed E-state index contributed by atoms with van der Waals surface area (Å²) in [5.74, 6) is -0.169. The standard InChI is InChI=1S/C18H20N2O5/c1-12-2-4-13(5-3-12)15-10-19-16(25-15)6-7-17(21)20-8-9-24-11-14(20)18(22)23/h2-5,10,14H,6-9,11H2,1H3,(H,22,23)/t14-/m1/s1. The Kier molecular flexibility index (Phi) is 5.14. The number of ether oxygens (including phenoxy) is 1. The number of carbonyl (C=O) groups excluding carboxylic acids is 1. The molecule has 1 atom stereocenters. The van der Waals surface area contributed by atoms with Crippen LogP contribution in [0.4, 0.5) is 0 Å². The number of carbonyl (C=O) groups is 2. The van der Waals surface area contributed by atoms with E-state index in [0.717, 1.165) is 11.1 Å². The number of carboxylic acid groups (broad SMARTS) is 1. The molecule has 1 fully saturated rings. The number of benzene rings is 1. The van der Waals surface area contributed by atoms with Crippen LogP contribution < -0.4 is 0 Å². The van der Waals surface area contributed by atoms with Gasteiger partial charge in [0.15, 0.2) is 17.7 Å². The number of aryl methyl sites for hydroxylation is 2. The molecular formula is C18H20N2O5. The van der Waals surface area contributed by atoms with Crippen molar-refractivity contribution in [1.29, 1.82) is 0 Å². The van der Waals surface area contributed by atoms with E-state index in [9.17, 15) is 14.7 Å². The fraction of sp³-hybridized carbons (Fsp3) is 0.389. The highest BCUT2D eigenvalue weighted by Crippen LogP contribution is 2.21. The van der Waals surface area contributed by atoms with Crippen molar-refractivity contribution in [3.8, 4) is 11.3 Å². The summed E-state index contributed by atoms with van der Waals surface area (Å²) < 4.78 is 10.8. The van der Waals surface area contributed by atoms with Gasteiger partial charge in [-0.2, -0.15) is 0 Å². The molecule has 1 aliphatic rings. The zero-order valence-electron chi connectivity index (χ0n) is 14.0. The molecule has 2 heterocycles. The number of hydrogen-bond acceptors (Lipinski definition) is 5. The second-order valence-electron chi connectivity index (χ2n) is 6.00. The van der Waals surface area contributed by atoms with Crippen LogP contribution in [-0.4, -0.2) is 52.7 Å². The molecule has 0 aliphatic carbocycles. The summed E-state index contributed by atoms with van der Waals surface area (Å²) in [6, 6.07) is 6.97. The van der Waals surface area contributed by atoms with Gasteiger partial charge in [0, 0.05) is 24.9 Å². The number of carboxylic acids is 1. The number of rotatable bonds is 5. The highest BCUT2D eigenvalue weighted by Gasteiger charge is 2.32. The van der Waals surface area contributed by atoms with E-state index >= 15 is 0 Å². The van der Waals surface area contributed by atoms with Gasteiger partial charge in [-0.3, -0.25) is 4.79 Å². The third kappa shape index (κ3) is 4.06. The Balaban J connectivity index is 1.61. The van der Waals surface area contributed by atoms with Gasteiger partial charge in [-0.05, 0) is 6.92 Å². The topological polar surface area (TPSA) is 92.9 Å². The predicted molar refractivity (Wildman–Crippen MR) is 89.0 cm³/mol. The Labute approximate surface area is 145 Å². The lowest BCUT2D eigenvalue weighted by Gasteiger charge is -2.32. The van der Waals surface area contributed by atoms with Crippen LogP contribution in [0.5, 0.6) is 0 Å². The van der Waals surface area contributed by atoms with E-state index in [1.807, 2.05) is 31.2 Å². The molecule has 0 unspecified atom stereocenters. The first kappa shape index (κ1) is 17.2. The molecule has 132 valence electrons. The van der Waals surface area contributed by atoms with Crippen molar-refractivity contribution in [1.82, 2.24) is 9.88 Å². The van der Waals surface area contributed by atoms with Crippen molar-refractivity contribution in [3.63, 3.8) is 0 Å². The molecule has 2 aromatic rings. The molecule has 3 rings (SSSR count). The Hall–Kier alpha value is -2.67. The quantitative estimate of drug-likeness (QED) is 0.890. The molecule has 0 bridgehead atoms. The number of aromatic nitrogens is 1. The van der Waals surface area contributed by atoms with Gasteiger partial charge in [-0.1, -0.05) is 29.8 Å². The Morgan fingerprint density at radius 3 is 2.80 bits per heavy atom. The first-order valence-electron chi connectivity index (χ1n) is 8.16. The smallest absolute Gasteiger partial charge is 0.328 e. The summed E-state index contributed by atoms with van der Waals surface area (Å²) in [6.45, 7) is 2.68. The van der Waals surface area contributed by atoms with Crippen molar-refractivity contribution < 1.29 is 23.8 Å². The Morgan fingerprint density at radius 2 is 2.08 bits per heavy atom. The second-order valence-corrected chi connectivity index (χ2v) is 6.00. The van der Waals surface area contributed by atoms with Gasteiger partial charge < -0.3 is 19.2 Å². The van der Waals surface area contributed by atoms with Gasteiger partial charge in [0.2, 0.25) is 5.91 Å². The molecule has 1 aliphatic heterocycles. The van der Waals surface area contributed by atoms with Crippen LogP contribution >= 0.6 is 0 Å². The number of hydrogen-bond donors (Lipinski definition) is 1. The van der Waals surface area contributed by atoms with Gasteiger partial charge >= 0.3 is 5.97 Å². The minimum Gasteiger partial charge on any atom is -0.480 e. The number of oxazole rings is 1. The summed E-state index contributed by atoms with van der Waals surface area (Å²) in [5, 5.41) is 9.19. The van der Waals surface area contributed by atoms with Crippen molar-refractivity contribution in [2.24, 2.45) is 0 Å². The van der Waals surface area contributed by atoms with Gasteiger partial charge in [0.25, 0.3) is 0 Å². The van der Waals surface area contributed by atoms with Crippen LogP contribution in [-0.2, 0) is 20.7 Å². The maximum atomic E-state index is 12.3. The summed E-state index contributed by atoms with van der Waals surface area (Å²) in [7, 11) is 0. The lowest BCUT2D eigenvalue weighted by molar-refractivity contribution is -0.158. The van der Waals surface area contributed by atoms with E-state index in [2.05, 4.69) is 4.98 Å². The molecule has 7 heteroatoms. The molecule has 1 aromatic heterocycles. The molecule has 0 spiro atoms. The average Bonchev–Trinajstić information content (AvgIpc) is 3.09. The van der Waals surface area contributed by atoms with Crippen LogP contribution in [0.15, 0.2) is 34.9 Å². The SMILES string of the molecule is Cc1ccc(-c2cnc(CCC(=O)N3CCOC[C@@H]3C(=O)O)o2)cc1. The number of aliphatic carboxylic acids is 1. The normalized spacial score (nSPS) is 17.5. The fourth-order valence-electron chi connectivity index (χ4n) is 2.74. The van der Waals surface area contributed by atoms with Crippen molar-refractivity contribution in [2.75, 3.05) is 19.8 Å². The van der Waals surface area contributed by atoms with Crippen LogP contribution in [0.1, 0.15) is 17.9 Å². The van der Waals surface area contributed by atoms with Crippen LogP contribution in [0.25, 0.3) is 11.3 Å². The first-order valence-corrected chi connectivity index (χ1v) is 8.16. The first-order chi connectivity index (χ1) is 12.0. The summed E-state index contributed by atoms with van der Waals surface area (Å²) in [5.41, 5.74) is 2.09. The minimum absolute atomic E-state index is 0.0254. The highest BCUT2D eigenvalue weighted by atomic mass is 16.5. The monoisotopic (exact) mass is 344 g/mol. The van der Waals surface area contributed by atoms with Crippen molar-refractivity contribution >= 4 is 11.9 Å². The van der Waals surface area contributed by atoms with Crippen LogP contribution in [0, 0.1) is 6.92 Å². The fourth-order valence-corrected chi connectivity index (χ4v) is 2.74. The third-order valence-electron chi connectivity index (χ3n) is 4.18. The molecule has 0 saturated carbocycles. The van der Waals surface area contributed by atoms with Crippen LogP contribution in [0.2, 0.25) is 0 Å². The largest absolute Gasteiger partial charge is 0.480 e. The average molecular weight is 344 g/mol. The van der Waals surface area contributed by atoms with E-state index in [-0.39, 0.29) is 25.5 Å². The number of nitrogens with zero attached hydrogens (tertiary/aromatic N) is 2. The molecule has 25 heavy (non-hydrogen) atoms. The summed E-state index contributed by atoms with van der Waals surface area (Å²) in [6.07, 6.45) is 2.12. The predicted octanol–water partition coefficient (Wildman–Crippen LogP) is 1.89. The second kappa shape index (κ2) is 7.48. The molecule has 1 saturated heterocycles. The van der Waals surface area contributed by atoms with Gasteiger partial charge in [-0.15, -0.1) is 0 Å². The molecule has 1 aromatic carbocycles. The van der Waals surface area contributed by atoms with Crippen molar-refractivity contribution in [3.05, 3.63) is 41.9 Å². The van der Waals surface area contributed by atoms with E-state index in [4.69, 9.17) is 9.15 Å². The molecule has 1 amide bonds. The van der Waals surface area contributed by atoms with Gasteiger partial charge in [0.1, 0.15) is 0 Å². The van der Waals surface area contributed by atoms with E-state index in [0.29, 0.717) is 24.7 Å². The molecule has 0 radical (unpaired) electrons. The number of morpholine rings is 1. The van der Waals surface area contributed by atoms with E-state index < -0.39 is 12.0 Å². The zero-order valence-corrected chi connectivity index (χ0v) is 14.0. The minimum atomic E-state index is -1.05. The lowest BCUT2D eigenvalue weighted by atomic mass is 10.1. The molecule has 1 N–H and O–H groups in total. The number of amides is 1. The van der Waals surface area contributed by atoms with E-state index in [1.165, 1.54) is 4.90 Å². The maximum Gasteiger partial charge on any atom is 0.328 e. The third-order valence-corrected chi connectivity index (χ3v) is 4.18. The highest BCUT2D eigenvalue weighted by molar-refractivity contribution is 5.84. The van der Waals surface area contributed by atoms with Crippen LogP contribution in [0.3, 0.4) is 0 Å². The summed E-state index contributed by atoms with van der Waals surface area (Å²) >= 11 is 0. The Bertz CT molecular complexity index is 753. The van der Waals surface area contributed by atoms with E-state index in [1.54, 1.807) is 6.20 Å². The summed E-state index contributed by atoms with van der Waals surface area (Å²) in [4.78, 5) is 29.1. The molecular weight excluding hydrogens is 324 g/mol. The van der Waals surface area contributed by atoms with Gasteiger partial charge in [0.05, 0.1) is 19.4 Å². The Morgan fingerprint density at radius 1 is 1.32 bits per heavy atom. The molecule has 7 nitrogen and oxygen atoms in total. The maximum absolute atomic E-state index is 12.3. The zero-order chi connectivity index (χ0) is 17.8. The van der Waals surface area contributed by atoms with Crippen molar-refractivity contribution in [2.45, 2.75) is 25.8 Å².